The molecule has 1 aliphatic rings. The monoisotopic (exact) mass is 453 g/mol. The molecule has 0 bridgehead atoms. The molecule has 0 N–H and O–H groups in total. The highest BCUT2D eigenvalue weighted by Gasteiger charge is 2.33. The third kappa shape index (κ3) is 3.62. The Bertz CT molecular complexity index is 1210. The van der Waals surface area contributed by atoms with Gasteiger partial charge in [0, 0.05) is 41.7 Å². The topological polar surface area (TPSA) is 107 Å². The Morgan fingerprint density at radius 2 is 1.86 bits per heavy atom. The van der Waals surface area contributed by atoms with Gasteiger partial charge in [0.15, 0.2) is 5.76 Å². The van der Waals surface area contributed by atoms with Gasteiger partial charge in [-0.25, -0.2) is 8.42 Å². The Balaban J connectivity index is 1.69. The number of hydrogen-bond acceptors (Lipinski definition) is 6. The number of hydrogen-bond donors (Lipinski definition) is 0. The van der Waals surface area contributed by atoms with Crippen LogP contribution in [0, 0.1) is 10.1 Å². The first-order valence-corrected chi connectivity index (χ1v) is 10.6. The highest BCUT2D eigenvalue weighted by molar-refractivity contribution is 7.89. The van der Waals surface area contributed by atoms with Gasteiger partial charge in [0.05, 0.1) is 15.5 Å². The maximum Gasteiger partial charge on any atom is 0.289 e. The number of benzene rings is 2. The summed E-state index contributed by atoms with van der Waals surface area (Å²) in [5.74, 6) is 0.471. The first-order valence-electron chi connectivity index (χ1n) is 8.45. The number of aromatic nitrogens is 1. The molecule has 29 heavy (non-hydrogen) atoms. The zero-order valence-corrected chi connectivity index (χ0v) is 17.0. The van der Waals surface area contributed by atoms with Crippen LogP contribution in [0.25, 0.3) is 11.3 Å². The van der Waals surface area contributed by atoms with Gasteiger partial charge in [-0.2, -0.15) is 4.31 Å². The van der Waals surface area contributed by atoms with Crippen LogP contribution in [-0.4, -0.2) is 29.3 Å². The van der Waals surface area contributed by atoms with Gasteiger partial charge in [-0.1, -0.05) is 28.4 Å². The molecule has 0 amide bonds. The third-order valence-electron chi connectivity index (χ3n) is 4.66. The summed E-state index contributed by atoms with van der Waals surface area (Å²) in [7, 11) is -3.98. The van der Waals surface area contributed by atoms with Crippen molar-refractivity contribution < 1.29 is 17.9 Å². The summed E-state index contributed by atoms with van der Waals surface area (Å²) in [5, 5.41) is 15.6. The van der Waals surface area contributed by atoms with E-state index in [0.29, 0.717) is 28.5 Å². The molecule has 2 heterocycles. The lowest BCUT2D eigenvalue weighted by molar-refractivity contribution is -0.384. The maximum absolute atomic E-state index is 13.1. The standard InChI is InChI=1S/C18H13Cl2N3O5S/c19-12-3-1-11(2-4-12)18-14-10-22(8-7-16(14)21-28-18)29(26,27)13-5-6-15(20)17(9-13)23(24)25/h1-6,9H,7-8,10H2. The van der Waals surface area contributed by atoms with E-state index in [-0.39, 0.29) is 23.0 Å². The van der Waals surface area contributed by atoms with Crippen molar-refractivity contribution in [1.29, 1.82) is 0 Å². The van der Waals surface area contributed by atoms with Crippen LogP contribution in [0.15, 0.2) is 51.9 Å². The van der Waals surface area contributed by atoms with Crippen LogP contribution in [0.1, 0.15) is 11.3 Å². The molecule has 1 aliphatic heterocycles. The van der Waals surface area contributed by atoms with Crippen molar-refractivity contribution in [1.82, 2.24) is 9.46 Å². The van der Waals surface area contributed by atoms with Crippen molar-refractivity contribution in [3.63, 3.8) is 0 Å². The van der Waals surface area contributed by atoms with E-state index in [2.05, 4.69) is 5.16 Å². The summed E-state index contributed by atoms with van der Waals surface area (Å²) >= 11 is 11.7. The fraction of sp³-hybridized carbons (Fsp3) is 0.167. The highest BCUT2D eigenvalue weighted by Crippen LogP contribution is 2.34. The largest absolute Gasteiger partial charge is 0.356 e. The van der Waals surface area contributed by atoms with Gasteiger partial charge in [-0.3, -0.25) is 10.1 Å². The lowest BCUT2D eigenvalue weighted by atomic mass is 10.0. The smallest absolute Gasteiger partial charge is 0.289 e. The predicted molar refractivity (Wildman–Crippen MR) is 106 cm³/mol. The van der Waals surface area contributed by atoms with Crippen molar-refractivity contribution in [2.24, 2.45) is 0 Å². The van der Waals surface area contributed by atoms with Crippen molar-refractivity contribution >= 4 is 38.9 Å². The van der Waals surface area contributed by atoms with E-state index >= 15 is 0 Å². The Labute approximate surface area is 175 Å². The zero-order chi connectivity index (χ0) is 20.8. The number of nitro groups is 1. The first-order chi connectivity index (χ1) is 13.8. The molecule has 0 atom stereocenters. The van der Waals surface area contributed by atoms with Gasteiger partial charge in [-0.15, -0.1) is 0 Å². The van der Waals surface area contributed by atoms with E-state index in [1.807, 2.05) is 0 Å². The third-order valence-corrected chi connectivity index (χ3v) is 7.07. The van der Waals surface area contributed by atoms with Crippen LogP contribution < -0.4 is 0 Å². The van der Waals surface area contributed by atoms with Gasteiger partial charge in [0.2, 0.25) is 10.0 Å². The molecular weight excluding hydrogens is 441 g/mol. The van der Waals surface area contributed by atoms with E-state index in [1.54, 1.807) is 24.3 Å². The summed E-state index contributed by atoms with van der Waals surface area (Å²) in [4.78, 5) is 10.2. The van der Waals surface area contributed by atoms with Gasteiger partial charge < -0.3 is 4.52 Å². The minimum atomic E-state index is -3.98. The Hall–Kier alpha value is -2.46. The molecule has 1 aromatic heterocycles. The molecule has 3 aromatic rings. The predicted octanol–water partition coefficient (Wildman–Crippen LogP) is 4.30. The second-order valence-corrected chi connectivity index (χ2v) is 9.18. The lowest BCUT2D eigenvalue weighted by Gasteiger charge is -2.25. The van der Waals surface area contributed by atoms with Crippen LogP contribution >= 0.6 is 23.2 Å². The average molecular weight is 454 g/mol. The SMILES string of the molecule is O=[N+]([O-])c1cc(S(=O)(=O)N2CCc3noc(-c4ccc(Cl)cc4)c3C2)ccc1Cl. The van der Waals surface area contributed by atoms with E-state index in [4.69, 9.17) is 27.7 Å². The Morgan fingerprint density at radius 3 is 2.55 bits per heavy atom. The van der Waals surface area contributed by atoms with Crippen LogP contribution in [0.3, 0.4) is 0 Å². The Kier molecular flexibility index (Phi) is 5.07. The minimum Gasteiger partial charge on any atom is -0.356 e. The van der Waals surface area contributed by atoms with Crippen LogP contribution in [0.5, 0.6) is 0 Å². The zero-order valence-electron chi connectivity index (χ0n) is 14.7. The van der Waals surface area contributed by atoms with Gasteiger partial charge >= 0.3 is 0 Å². The molecule has 0 spiro atoms. The van der Waals surface area contributed by atoms with Crippen LogP contribution in [-0.2, 0) is 23.0 Å². The van der Waals surface area contributed by atoms with Crippen LogP contribution in [0.2, 0.25) is 10.0 Å². The Morgan fingerprint density at radius 1 is 1.14 bits per heavy atom. The normalized spacial score (nSPS) is 14.6. The second-order valence-electron chi connectivity index (χ2n) is 6.40. The average Bonchev–Trinajstić information content (AvgIpc) is 3.12. The molecule has 0 saturated heterocycles. The molecular formula is C18H13Cl2N3O5S. The summed E-state index contributed by atoms with van der Waals surface area (Å²) in [6, 6.07) is 10.4. The van der Waals surface area contributed by atoms with Crippen LogP contribution in [0.4, 0.5) is 5.69 Å². The van der Waals surface area contributed by atoms with Crippen molar-refractivity contribution in [2.75, 3.05) is 6.54 Å². The maximum atomic E-state index is 13.1. The van der Waals surface area contributed by atoms with E-state index < -0.39 is 20.6 Å². The summed E-state index contributed by atoms with van der Waals surface area (Å²) in [5.41, 5.74) is 1.61. The van der Waals surface area contributed by atoms with E-state index in [9.17, 15) is 18.5 Å². The number of nitrogens with zero attached hydrogens (tertiary/aromatic N) is 3. The first kappa shape index (κ1) is 19.8. The molecule has 150 valence electrons. The molecule has 11 heteroatoms. The van der Waals surface area contributed by atoms with Gasteiger partial charge in [0.25, 0.3) is 5.69 Å². The molecule has 4 rings (SSSR count). The van der Waals surface area contributed by atoms with Crippen molar-refractivity contribution in [3.05, 3.63) is 73.9 Å². The summed E-state index contributed by atoms with van der Waals surface area (Å²) in [6.45, 7) is 0.216. The fourth-order valence-corrected chi connectivity index (χ4v) is 4.90. The minimum absolute atomic E-state index is 0.0373. The van der Waals surface area contributed by atoms with E-state index in [1.165, 1.54) is 16.4 Å². The molecule has 8 nitrogen and oxygen atoms in total. The molecule has 0 fully saturated rings. The molecule has 0 radical (unpaired) electrons. The molecule has 0 aliphatic carbocycles. The quantitative estimate of drug-likeness (QED) is 0.430. The summed E-state index contributed by atoms with van der Waals surface area (Å²) < 4.78 is 32.9. The number of rotatable bonds is 4. The molecule has 2 aromatic carbocycles. The number of halogens is 2. The van der Waals surface area contributed by atoms with Gasteiger partial charge in [-0.05, 0) is 36.4 Å². The number of fused-ring (bicyclic) bond motifs is 1. The van der Waals surface area contributed by atoms with E-state index in [0.717, 1.165) is 11.6 Å². The second kappa shape index (κ2) is 7.42. The van der Waals surface area contributed by atoms with Gasteiger partial charge in [0.1, 0.15) is 5.02 Å². The van der Waals surface area contributed by atoms with Crippen molar-refractivity contribution in [3.8, 4) is 11.3 Å². The molecule has 0 saturated carbocycles. The molecule has 0 unspecified atom stereocenters. The number of nitro benzene ring substituents is 1. The summed E-state index contributed by atoms with van der Waals surface area (Å²) in [6.07, 6.45) is 0.362. The fourth-order valence-electron chi connectivity index (χ4n) is 3.16. The highest BCUT2D eigenvalue weighted by atomic mass is 35.5. The number of sulfonamides is 1. The van der Waals surface area contributed by atoms with Crippen molar-refractivity contribution in [2.45, 2.75) is 17.9 Å². The lowest BCUT2D eigenvalue weighted by Crippen LogP contribution is -2.36.